The van der Waals surface area contributed by atoms with E-state index in [4.69, 9.17) is 4.74 Å². The van der Waals surface area contributed by atoms with Crippen molar-refractivity contribution < 1.29 is 18.7 Å². The van der Waals surface area contributed by atoms with E-state index in [1.807, 2.05) is 27.7 Å². The van der Waals surface area contributed by atoms with Gasteiger partial charge in [-0.25, -0.2) is 4.39 Å². The number of hydrogen-bond donors (Lipinski definition) is 1. The molecule has 0 bridgehead atoms. The lowest BCUT2D eigenvalue weighted by molar-refractivity contribution is -0.118. The van der Waals surface area contributed by atoms with Crippen molar-refractivity contribution in [2.45, 2.75) is 39.8 Å². The van der Waals surface area contributed by atoms with Crippen LogP contribution in [0.15, 0.2) is 41.3 Å². The molecule has 2 amide bonds. The summed E-state index contributed by atoms with van der Waals surface area (Å²) in [6, 6.07) is 6.54. The number of nitrogens with one attached hydrogen (secondary N) is 1. The topological polar surface area (TPSA) is 80.6 Å². The van der Waals surface area contributed by atoms with Gasteiger partial charge in [0.15, 0.2) is 6.61 Å². The Balaban J connectivity index is 2.18. The molecule has 156 valence electrons. The molecule has 2 rings (SSSR count). The van der Waals surface area contributed by atoms with Gasteiger partial charge in [0.05, 0.1) is 5.56 Å². The van der Waals surface area contributed by atoms with E-state index in [-0.39, 0.29) is 30.3 Å². The number of rotatable bonds is 7. The van der Waals surface area contributed by atoms with E-state index in [1.165, 1.54) is 48.1 Å². The molecule has 0 unspecified atom stereocenters. The van der Waals surface area contributed by atoms with Gasteiger partial charge in [-0.1, -0.05) is 0 Å². The number of halogens is 1. The first-order valence-corrected chi connectivity index (χ1v) is 9.31. The Morgan fingerprint density at radius 3 is 2.28 bits per heavy atom. The van der Waals surface area contributed by atoms with Crippen LogP contribution in [0.5, 0.6) is 5.75 Å². The first kappa shape index (κ1) is 22.1. The van der Waals surface area contributed by atoms with Crippen LogP contribution < -0.4 is 15.6 Å². The molecule has 0 atom stereocenters. The third-order valence-electron chi connectivity index (χ3n) is 4.24. The van der Waals surface area contributed by atoms with Crippen molar-refractivity contribution in [1.29, 1.82) is 0 Å². The van der Waals surface area contributed by atoms with Crippen LogP contribution in [0, 0.1) is 5.82 Å². The minimum absolute atomic E-state index is 0.0153. The molecule has 29 heavy (non-hydrogen) atoms. The fraction of sp³-hybridized carbons (Fsp3) is 0.381. The Kier molecular flexibility index (Phi) is 7.14. The Morgan fingerprint density at radius 1 is 1.14 bits per heavy atom. The maximum atomic E-state index is 12.9. The summed E-state index contributed by atoms with van der Waals surface area (Å²) in [4.78, 5) is 39.2. The minimum Gasteiger partial charge on any atom is -0.484 e. The highest BCUT2D eigenvalue weighted by atomic mass is 19.1. The molecule has 0 radical (unpaired) electrons. The number of carbonyl (C=O) groups is 2. The predicted molar refractivity (Wildman–Crippen MR) is 109 cm³/mol. The van der Waals surface area contributed by atoms with Crippen molar-refractivity contribution in [3.8, 4) is 5.75 Å². The van der Waals surface area contributed by atoms with Crippen molar-refractivity contribution in [2.24, 2.45) is 7.05 Å². The summed E-state index contributed by atoms with van der Waals surface area (Å²) >= 11 is 0. The quantitative estimate of drug-likeness (QED) is 0.771. The third kappa shape index (κ3) is 5.66. The molecule has 1 heterocycles. The summed E-state index contributed by atoms with van der Waals surface area (Å²) in [5.41, 5.74) is -0.167. The largest absolute Gasteiger partial charge is 0.484 e. The van der Waals surface area contributed by atoms with Gasteiger partial charge in [0.25, 0.3) is 17.4 Å². The van der Waals surface area contributed by atoms with Crippen LogP contribution >= 0.6 is 0 Å². The van der Waals surface area contributed by atoms with Crippen LogP contribution in [0.3, 0.4) is 0 Å². The normalized spacial score (nSPS) is 10.9. The van der Waals surface area contributed by atoms with Crippen LogP contribution in [-0.2, 0) is 11.8 Å². The second kappa shape index (κ2) is 9.36. The summed E-state index contributed by atoms with van der Waals surface area (Å²) in [6.07, 6.45) is 1.45. The Labute approximate surface area is 169 Å². The highest BCUT2D eigenvalue weighted by molar-refractivity contribution is 5.97. The number of nitrogens with zero attached hydrogens (tertiary/aromatic N) is 2. The number of anilines is 1. The highest BCUT2D eigenvalue weighted by Crippen LogP contribution is 2.15. The van der Waals surface area contributed by atoms with E-state index < -0.39 is 17.3 Å². The zero-order valence-electron chi connectivity index (χ0n) is 17.2. The second-order valence-electron chi connectivity index (χ2n) is 7.25. The highest BCUT2D eigenvalue weighted by Gasteiger charge is 2.23. The number of amides is 2. The van der Waals surface area contributed by atoms with Crippen LogP contribution in [-0.4, -0.2) is 40.0 Å². The van der Waals surface area contributed by atoms with E-state index in [0.717, 1.165) is 0 Å². The summed E-state index contributed by atoms with van der Waals surface area (Å²) in [5, 5.41) is 2.48. The van der Waals surface area contributed by atoms with Gasteiger partial charge in [0.2, 0.25) is 0 Å². The van der Waals surface area contributed by atoms with Gasteiger partial charge in [-0.2, -0.15) is 0 Å². The monoisotopic (exact) mass is 403 g/mol. The maximum absolute atomic E-state index is 12.9. The summed E-state index contributed by atoms with van der Waals surface area (Å²) < 4.78 is 19.4. The number of hydrogen-bond acceptors (Lipinski definition) is 4. The van der Waals surface area contributed by atoms with Crippen LogP contribution in [0.25, 0.3) is 0 Å². The lowest BCUT2D eigenvalue weighted by Gasteiger charge is -2.31. The number of aromatic nitrogens is 1. The molecule has 0 spiro atoms. The average molecular weight is 403 g/mol. The van der Waals surface area contributed by atoms with Crippen LogP contribution in [0.4, 0.5) is 10.1 Å². The van der Waals surface area contributed by atoms with E-state index in [0.29, 0.717) is 11.3 Å². The van der Waals surface area contributed by atoms with Crippen molar-refractivity contribution in [3.05, 3.63) is 58.3 Å². The van der Waals surface area contributed by atoms with Gasteiger partial charge in [-0.3, -0.25) is 14.4 Å². The predicted octanol–water partition coefficient (Wildman–Crippen LogP) is 2.80. The molecule has 1 aromatic heterocycles. The number of pyridine rings is 1. The first-order chi connectivity index (χ1) is 13.6. The molecule has 0 saturated carbocycles. The summed E-state index contributed by atoms with van der Waals surface area (Å²) in [7, 11) is 1.51. The van der Waals surface area contributed by atoms with E-state index >= 15 is 0 Å². The molecule has 0 saturated heterocycles. The lowest BCUT2D eigenvalue weighted by Crippen LogP contribution is -2.42. The third-order valence-corrected chi connectivity index (χ3v) is 4.24. The van der Waals surface area contributed by atoms with E-state index in [9.17, 15) is 18.8 Å². The van der Waals surface area contributed by atoms with Crippen LogP contribution in [0.2, 0.25) is 0 Å². The molecular weight excluding hydrogens is 377 g/mol. The van der Waals surface area contributed by atoms with Gasteiger partial charge in [0.1, 0.15) is 17.3 Å². The van der Waals surface area contributed by atoms with Gasteiger partial charge in [-0.05, 0) is 58.0 Å². The summed E-state index contributed by atoms with van der Waals surface area (Å²) in [6.45, 7) is 7.28. The minimum atomic E-state index is -0.569. The van der Waals surface area contributed by atoms with Gasteiger partial charge < -0.3 is 19.5 Å². The lowest BCUT2D eigenvalue weighted by atomic mass is 10.1. The molecule has 0 fully saturated rings. The Hall–Kier alpha value is -3.16. The van der Waals surface area contributed by atoms with Gasteiger partial charge in [-0.15, -0.1) is 0 Å². The molecular formula is C21H26FN3O4. The maximum Gasteiger partial charge on any atom is 0.274 e. The average Bonchev–Trinajstić information content (AvgIpc) is 2.64. The number of ether oxygens (including phenoxy) is 1. The van der Waals surface area contributed by atoms with E-state index in [2.05, 4.69) is 5.32 Å². The molecule has 1 N–H and O–H groups in total. The molecule has 2 aromatic rings. The standard InChI is InChI=1S/C21H26FN3O4/c1-13(2)25(14(3)4)20(27)15-10-18(21(28)24(5)11-15)23-19(26)12-29-17-8-6-16(22)7-9-17/h6-11,13-14H,12H2,1-5H3,(H,23,26). The number of carbonyl (C=O) groups excluding carboxylic acids is 2. The van der Waals surface area contributed by atoms with Crippen LogP contribution in [0.1, 0.15) is 38.1 Å². The molecule has 0 aliphatic heterocycles. The van der Waals surface area contributed by atoms with Gasteiger partial charge >= 0.3 is 0 Å². The fourth-order valence-corrected chi connectivity index (χ4v) is 3.00. The molecule has 0 aliphatic rings. The SMILES string of the molecule is CC(C)N(C(=O)c1cc(NC(=O)COc2ccc(F)cc2)c(=O)n(C)c1)C(C)C. The Bertz CT molecular complexity index is 928. The van der Waals surface area contributed by atoms with Crippen molar-refractivity contribution in [3.63, 3.8) is 0 Å². The van der Waals surface area contributed by atoms with Crippen molar-refractivity contribution in [2.75, 3.05) is 11.9 Å². The zero-order valence-corrected chi connectivity index (χ0v) is 17.2. The fourth-order valence-electron chi connectivity index (χ4n) is 3.00. The molecule has 1 aromatic carbocycles. The van der Waals surface area contributed by atoms with E-state index in [1.54, 1.807) is 4.90 Å². The smallest absolute Gasteiger partial charge is 0.274 e. The van der Waals surface area contributed by atoms with Gasteiger partial charge in [0, 0.05) is 25.3 Å². The first-order valence-electron chi connectivity index (χ1n) is 9.31. The molecule has 7 nitrogen and oxygen atoms in total. The zero-order chi connectivity index (χ0) is 21.7. The second-order valence-corrected chi connectivity index (χ2v) is 7.25. The van der Waals surface area contributed by atoms with Crippen molar-refractivity contribution in [1.82, 2.24) is 9.47 Å². The van der Waals surface area contributed by atoms with Crippen molar-refractivity contribution >= 4 is 17.5 Å². The number of benzene rings is 1. The molecule has 8 heteroatoms. The number of aryl methyl sites for hydroxylation is 1. The Morgan fingerprint density at radius 2 is 1.72 bits per heavy atom. The molecule has 0 aliphatic carbocycles. The summed E-state index contributed by atoms with van der Waals surface area (Å²) in [5.74, 6) is -0.893.